The lowest BCUT2D eigenvalue weighted by Gasteiger charge is -2.21. The van der Waals surface area contributed by atoms with Crippen molar-refractivity contribution in [2.45, 2.75) is 49.0 Å². The molecule has 8 nitrogen and oxygen atoms in total. The quantitative estimate of drug-likeness (QED) is 0.429. The molecule has 174 valence electrons. The Balaban J connectivity index is 1.32. The first-order valence-electron chi connectivity index (χ1n) is 11.0. The van der Waals surface area contributed by atoms with Crippen molar-refractivity contribution in [3.8, 4) is 0 Å². The highest BCUT2D eigenvalue weighted by Gasteiger charge is 2.20. The first kappa shape index (κ1) is 23.3. The molecule has 0 radical (unpaired) electrons. The maximum Gasteiger partial charge on any atom is 0.253 e. The molecule has 4 rings (SSSR count). The second-order valence-corrected chi connectivity index (χ2v) is 10.1. The number of amides is 2. The monoisotopic (exact) mass is 485 g/mol. The van der Waals surface area contributed by atoms with Gasteiger partial charge in [0.15, 0.2) is 4.34 Å². The van der Waals surface area contributed by atoms with Crippen LogP contribution >= 0.6 is 23.1 Å². The van der Waals surface area contributed by atoms with E-state index in [9.17, 15) is 9.59 Å². The van der Waals surface area contributed by atoms with Crippen LogP contribution in [0, 0.1) is 0 Å². The van der Waals surface area contributed by atoms with Gasteiger partial charge in [0, 0.05) is 13.1 Å². The largest absolute Gasteiger partial charge is 0.467 e. The fourth-order valence-corrected chi connectivity index (χ4v) is 5.48. The highest BCUT2D eigenvalue weighted by Crippen LogP contribution is 2.29. The molecule has 1 aliphatic rings. The number of furan rings is 1. The number of hydrogen-bond acceptors (Lipinski definition) is 8. The number of benzene rings is 1. The smallest absolute Gasteiger partial charge is 0.253 e. The summed E-state index contributed by atoms with van der Waals surface area (Å²) in [5.74, 6) is 0.480. The Labute approximate surface area is 201 Å². The summed E-state index contributed by atoms with van der Waals surface area (Å²) in [6.45, 7) is 0.280. The molecule has 0 bridgehead atoms. The third kappa shape index (κ3) is 6.35. The van der Waals surface area contributed by atoms with E-state index >= 15 is 0 Å². The van der Waals surface area contributed by atoms with Crippen molar-refractivity contribution in [3.63, 3.8) is 0 Å². The third-order valence-corrected chi connectivity index (χ3v) is 7.52. The average molecular weight is 486 g/mol. The average Bonchev–Trinajstić information content (AvgIpc) is 3.53. The first-order chi connectivity index (χ1) is 16.1. The molecule has 0 unspecified atom stereocenters. The lowest BCUT2D eigenvalue weighted by molar-refractivity contribution is -0.115. The van der Waals surface area contributed by atoms with E-state index < -0.39 is 0 Å². The normalized spacial score (nSPS) is 14.1. The lowest BCUT2D eigenvalue weighted by atomic mass is 9.96. The van der Waals surface area contributed by atoms with Crippen LogP contribution in [0.1, 0.15) is 48.2 Å². The van der Waals surface area contributed by atoms with E-state index in [1.54, 1.807) is 43.6 Å². The zero-order valence-corrected chi connectivity index (χ0v) is 20.1. The van der Waals surface area contributed by atoms with Gasteiger partial charge in [-0.15, -0.1) is 10.2 Å². The van der Waals surface area contributed by atoms with Crippen molar-refractivity contribution >= 4 is 45.7 Å². The van der Waals surface area contributed by atoms with Crippen molar-refractivity contribution in [2.75, 3.05) is 23.0 Å². The second-order valence-electron chi connectivity index (χ2n) is 7.87. The van der Waals surface area contributed by atoms with Crippen LogP contribution in [0.2, 0.25) is 0 Å². The van der Waals surface area contributed by atoms with Crippen LogP contribution in [0.15, 0.2) is 51.4 Å². The lowest BCUT2D eigenvalue weighted by Crippen LogP contribution is -2.31. The molecule has 1 aromatic carbocycles. The summed E-state index contributed by atoms with van der Waals surface area (Å²) >= 11 is 2.83. The predicted octanol–water partition coefficient (Wildman–Crippen LogP) is 4.56. The van der Waals surface area contributed by atoms with E-state index in [4.69, 9.17) is 4.42 Å². The Kier molecular flexibility index (Phi) is 8.01. The molecule has 0 saturated heterocycles. The topological polar surface area (TPSA) is 100 Å². The summed E-state index contributed by atoms with van der Waals surface area (Å²) in [5.41, 5.74) is 0.983. The second kappa shape index (κ2) is 11.3. The number of thioether (sulfide) groups is 1. The molecule has 1 saturated carbocycles. The van der Waals surface area contributed by atoms with Crippen LogP contribution in [0.25, 0.3) is 0 Å². The zero-order valence-electron chi connectivity index (χ0n) is 18.5. The molecule has 3 aromatic rings. The summed E-state index contributed by atoms with van der Waals surface area (Å²) in [5, 5.41) is 15.5. The van der Waals surface area contributed by atoms with Crippen LogP contribution in [0.5, 0.6) is 0 Å². The fourth-order valence-electron chi connectivity index (χ4n) is 3.74. The Bertz CT molecular complexity index is 1060. The summed E-state index contributed by atoms with van der Waals surface area (Å²) in [4.78, 5) is 27.1. The standard InChI is InChI=1S/C23H27N5O3S2/c1-28(19-12-6-5-11-18(19)21(30)24-14-17-10-7-13-31-17)20(29)15-32-23-27-26-22(33-23)25-16-8-3-2-4-9-16/h5-7,10-13,16H,2-4,8-9,14-15H2,1H3,(H,24,30)(H,25,26). The van der Waals surface area contributed by atoms with Crippen molar-refractivity contribution < 1.29 is 14.0 Å². The molecule has 2 aromatic heterocycles. The van der Waals surface area contributed by atoms with Gasteiger partial charge < -0.3 is 20.0 Å². The molecule has 2 amide bonds. The minimum absolute atomic E-state index is 0.122. The van der Waals surface area contributed by atoms with Crippen molar-refractivity contribution in [1.29, 1.82) is 0 Å². The van der Waals surface area contributed by atoms with E-state index in [-0.39, 0.29) is 24.1 Å². The fraction of sp³-hybridized carbons (Fsp3) is 0.391. The summed E-state index contributed by atoms with van der Waals surface area (Å²) in [7, 11) is 1.68. The molecule has 0 aliphatic heterocycles. The number of para-hydroxylation sites is 1. The Morgan fingerprint density at radius 3 is 2.76 bits per heavy atom. The molecule has 2 heterocycles. The molecule has 2 N–H and O–H groups in total. The SMILES string of the molecule is CN(C(=O)CSc1nnc(NC2CCCCC2)s1)c1ccccc1C(=O)NCc1ccco1. The maximum atomic E-state index is 12.9. The van der Waals surface area contributed by atoms with E-state index in [1.807, 2.05) is 6.07 Å². The van der Waals surface area contributed by atoms with Crippen LogP contribution < -0.4 is 15.5 Å². The van der Waals surface area contributed by atoms with Gasteiger partial charge in [0.25, 0.3) is 5.91 Å². The number of anilines is 2. The number of rotatable bonds is 9. The number of carbonyl (C=O) groups is 2. The van der Waals surface area contributed by atoms with Gasteiger partial charge in [0.2, 0.25) is 11.0 Å². The Hall–Kier alpha value is -2.85. The molecule has 1 fully saturated rings. The van der Waals surface area contributed by atoms with Gasteiger partial charge in [-0.05, 0) is 37.1 Å². The predicted molar refractivity (Wildman–Crippen MR) is 131 cm³/mol. The maximum absolute atomic E-state index is 12.9. The van der Waals surface area contributed by atoms with Gasteiger partial charge in [-0.3, -0.25) is 9.59 Å². The summed E-state index contributed by atoms with van der Waals surface area (Å²) < 4.78 is 6.01. The highest BCUT2D eigenvalue weighted by atomic mass is 32.2. The van der Waals surface area contributed by atoms with Gasteiger partial charge in [0.05, 0.1) is 29.8 Å². The molecule has 1 aliphatic carbocycles. The van der Waals surface area contributed by atoms with Gasteiger partial charge in [0.1, 0.15) is 5.76 Å². The Morgan fingerprint density at radius 2 is 1.97 bits per heavy atom. The third-order valence-electron chi connectivity index (χ3n) is 5.55. The minimum atomic E-state index is -0.267. The van der Waals surface area contributed by atoms with E-state index in [0.717, 1.165) is 9.47 Å². The Morgan fingerprint density at radius 1 is 1.15 bits per heavy atom. The van der Waals surface area contributed by atoms with Gasteiger partial charge in [-0.25, -0.2) is 0 Å². The molecule has 0 spiro atoms. The van der Waals surface area contributed by atoms with Crippen molar-refractivity contribution in [1.82, 2.24) is 15.5 Å². The van der Waals surface area contributed by atoms with Crippen molar-refractivity contribution in [2.24, 2.45) is 0 Å². The van der Waals surface area contributed by atoms with Gasteiger partial charge in [-0.2, -0.15) is 0 Å². The molecule has 10 heteroatoms. The molecule has 0 atom stereocenters. The number of aromatic nitrogens is 2. The number of nitrogens with zero attached hydrogens (tertiary/aromatic N) is 3. The highest BCUT2D eigenvalue weighted by molar-refractivity contribution is 8.01. The number of hydrogen-bond donors (Lipinski definition) is 2. The number of nitrogens with one attached hydrogen (secondary N) is 2. The number of carbonyl (C=O) groups excluding carboxylic acids is 2. The van der Waals surface area contributed by atoms with E-state index in [0.29, 0.717) is 23.1 Å². The van der Waals surface area contributed by atoms with E-state index in [2.05, 4.69) is 20.8 Å². The van der Waals surface area contributed by atoms with Crippen LogP contribution in [0.4, 0.5) is 10.8 Å². The molecular weight excluding hydrogens is 458 g/mol. The van der Waals surface area contributed by atoms with E-state index in [1.165, 1.54) is 60.1 Å². The van der Waals surface area contributed by atoms with Gasteiger partial charge in [-0.1, -0.05) is 54.5 Å². The van der Waals surface area contributed by atoms with Crippen LogP contribution in [-0.4, -0.2) is 40.9 Å². The summed E-state index contributed by atoms with van der Waals surface area (Å²) in [6, 6.07) is 11.1. The van der Waals surface area contributed by atoms with Crippen LogP contribution in [-0.2, 0) is 11.3 Å². The zero-order chi connectivity index (χ0) is 23.0. The minimum Gasteiger partial charge on any atom is -0.467 e. The van der Waals surface area contributed by atoms with Crippen molar-refractivity contribution in [3.05, 3.63) is 54.0 Å². The van der Waals surface area contributed by atoms with Crippen LogP contribution in [0.3, 0.4) is 0 Å². The summed E-state index contributed by atoms with van der Waals surface area (Å²) in [6.07, 6.45) is 7.70. The molecule has 33 heavy (non-hydrogen) atoms. The molecular formula is C23H27N5O3S2. The van der Waals surface area contributed by atoms with Gasteiger partial charge >= 0.3 is 0 Å². The first-order valence-corrected chi connectivity index (χ1v) is 12.8.